The Morgan fingerprint density at radius 1 is 1.44 bits per heavy atom. The number of aryl methyl sites for hydroxylation is 2. The second-order valence-corrected chi connectivity index (χ2v) is 4.39. The minimum atomic E-state index is 0.206. The molecule has 84 valence electrons. The van der Waals surface area contributed by atoms with Crippen molar-refractivity contribution < 1.29 is 9.52 Å². The number of aromatic nitrogens is 1. The molecule has 16 heavy (non-hydrogen) atoms. The van der Waals surface area contributed by atoms with E-state index in [1.54, 1.807) is 12.1 Å². The molecule has 2 aromatic rings. The van der Waals surface area contributed by atoms with Gasteiger partial charge < -0.3 is 9.52 Å². The van der Waals surface area contributed by atoms with Gasteiger partial charge in [-0.2, -0.15) is 0 Å². The summed E-state index contributed by atoms with van der Waals surface area (Å²) in [6.45, 7) is 3.87. The van der Waals surface area contributed by atoms with Crippen LogP contribution in [0.4, 0.5) is 0 Å². The van der Waals surface area contributed by atoms with Crippen molar-refractivity contribution in [3.63, 3.8) is 0 Å². The number of phenols is 1. The van der Waals surface area contributed by atoms with E-state index in [1.807, 2.05) is 19.9 Å². The Morgan fingerprint density at radius 2 is 2.19 bits per heavy atom. The summed E-state index contributed by atoms with van der Waals surface area (Å²) >= 11 is 3.25. The highest BCUT2D eigenvalue weighted by atomic mass is 79.9. The number of nitrogens with zero attached hydrogens (tertiary/aromatic N) is 1. The van der Waals surface area contributed by atoms with E-state index in [1.165, 1.54) is 0 Å². The van der Waals surface area contributed by atoms with Crippen molar-refractivity contribution >= 4 is 15.9 Å². The van der Waals surface area contributed by atoms with Crippen LogP contribution >= 0.6 is 15.9 Å². The Hall–Kier alpha value is -1.29. The zero-order valence-electron chi connectivity index (χ0n) is 9.12. The maximum absolute atomic E-state index is 9.61. The van der Waals surface area contributed by atoms with E-state index < -0.39 is 0 Å². The Morgan fingerprint density at radius 3 is 2.75 bits per heavy atom. The molecule has 0 amide bonds. The lowest BCUT2D eigenvalue weighted by molar-refractivity contribution is 0.472. The van der Waals surface area contributed by atoms with Gasteiger partial charge in [-0.3, -0.25) is 0 Å². The van der Waals surface area contributed by atoms with Crippen molar-refractivity contribution in [1.29, 1.82) is 0 Å². The van der Waals surface area contributed by atoms with Gasteiger partial charge in [-0.1, -0.05) is 13.0 Å². The predicted molar refractivity (Wildman–Crippen MR) is 65.4 cm³/mol. The van der Waals surface area contributed by atoms with Gasteiger partial charge in [-0.25, -0.2) is 4.98 Å². The molecule has 0 aliphatic rings. The fourth-order valence-electron chi connectivity index (χ4n) is 1.53. The molecular weight excluding hydrogens is 270 g/mol. The summed E-state index contributed by atoms with van der Waals surface area (Å²) in [5.74, 6) is 1.70. The highest BCUT2D eigenvalue weighted by molar-refractivity contribution is 9.10. The quantitative estimate of drug-likeness (QED) is 0.913. The normalized spacial score (nSPS) is 10.7. The maximum Gasteiger partial charge on any atom is 0.194 e. The first-order chi connectivity index (χ1) is 7.61. The Kier molecular flexibility index (Phi) is 3.01. The standard InChI is InChI=1S/C12H12BrNO2/c1-3-11-14-12(7(2)16-11)8-4-5-9(13)10(15)6-8/h4-6,15H,3H2,1-2H3. The van der Waals surface area contributed by atoms with Crippen molar-refractivity contribution in [2.24, 2.45) is 0 Å². The van der Waals surface area contributed by atoms with E-state index in [4.69, 9.17) is 4.42 Å². The first-order valence-corrected chi connectivity index (χ1v) is 5.86. The molecule has 0 saturated carbocycles. The Labute approximate surface area is 102 Å². The van der Waals surface area contributed by atoms with Crippen LogP contribution in [0.15, 0.2) is 27.1 Å². The van der Waals surface area contributed by atoms with E-state index >= 15 is 0 Å². The molecule has 1 aromatic carbocycles. The zero-order chi connectivity index (χ0) is 11.7. The molecule has 1 N–H and O–H groups in total. The maximum atomic E-state index is 9.61. The van der Waals surface area contributed by atoms with E-state index in [0.717, 1.165) is 29.3 Å². The van der Waals surface area contributed by atoms with Gasteiger partial charge in [0.05, 0.1) is 4.47 Å². The fourth-order valence-corrected chi connectivity index (χ4v) is 1.78. The molecular formula is C12H12BrNO2. The van der Waals surface area contributed by atoms with Crippen molar-refractivity contribution in [1.82, 2.24) is 4.98 Å². The molecule has 0 saturated heterocycles. The summed E-state index contributed by atoms with van der Waals surface area (Å²) in [5, 5.41) is 9.61. The van der Waals surface area contributed by atoms with Crippen LogP contribution in [-0.2, 0) is 6.42 Å². The van der Waals surface area contributed by atoms with Gasteiger partial charge in [0, 0.05) is 12.0 Å². The number of aromatic hydroxyl groups is 1. The van der Waals surface area contributed by atoms with Crippen LogP contribution in [0.25, 0.3) is 11.3 Å². The molecule has 0 unspecified atom stereocenters. The molecule has 1 heterocycles. The third kappa shape index (κ3) is 1.97. The highest BCUT2D eigenvalue weighted by Crippen LogP contribution is 2.31. The molecule has 0 atom stereocenters. The number of rotatable bonds is 2. The van der Waals surface area contributed by atoms with E-state index in [9.17, 15) is 5.11 Å². The second-order valence-electron chi connectivity index (χ2n) is 3.53. The summed E-state index contributed by atoms with van der Waals surface area (Å²) in [6, 6.07) is 5.37. The van der Waals surface area contributed by atoms with Crippen molar-refractivity contribution in [3.8, 4) is 17.0 Å². The zero-order valence-corrected chi connectivity index (χ0v) is 10.7. The van der Waals surface area contributed by atoms with E-state index in [0.29, 0.717) is 4.47 Å². The Balaban J connectivity index is 2.49. The third-order valence-corrected chi connectivity index (χ3v) is 3.03. The number of phenolic OH excluding ortho intramolecular Hbond substituents is 1. The van der Waals surface area contributed by atoms with Gasteiger partial charge in [0.1, 0.15) is 17.2 Å². The molecule has 0 radical (unpaired) electrons. The SMILES string of the molecule is CCc1nc(-c2ccc(Br)c(O)c2)c(C)o1. The van der Waals surface area contributed by atoms with Gasteiger partial charge in [-0.05, 0) is 35.0 Å². The highest BCUT2D eigenvalue weighted by Gasteiger charge is 2.11. The summed E-state index contributed by atoms with van der Waals surface area (Å²) in [7, 11) is 0. The van der Waals surface area contributed by atoms with E-state index in [-0.39, 0.29) is 5.75 Å². The first kappa shape index (κ1) is 11.2. The summed E-state index contributed by atoms with van der Waals surface area (Å²) in [4.78, 5) is 4.38. The van der Waals surface area contributed by atoms with Gasteiger partial charge in [-0.15, -0.1) is 0 Å². The summed E-state index contributed by atoms with van der Waals surface area (Å²) < 4.78 is 6.16. The number of benzene rings is 1. The fraction of sp³-hybridized carbons (Fsp3) is 0.250. The lowest BCUT2D eigenvalue weighted by atomic mass is 10.1. The van der Waals surface area contributed by atoms with Crippen LogP contribution in [0, 0.1) is 6.92 Å². The van der Waals surface area contributed by atoms with Crippen molar-refractivity contribution in [2.45, 2.75) is 20.3 Å². The molecule has 1 aromatic heterocycles. The average Bonchev–Trinajstić information content (AvgIpc) is 2.64. The van der Waals surface area contributed by atoms with Crippen molar-refractivity contribution in [2.75, 3.05) is 0 Å². The number of hydrogen-bond donors (Lipinski definition) is 1. The molecule has 0 bridgehead atoms. The molecule has 0 spiro atoms. The second kappa shape index (κ2) is 4.29. The molecule has 3 nitrogen and oxygen atoms in total. The number of oxazole rings is 1. The topological polar surface area (TPSA) is 46.3 Å². The largest absolute Gasteiger partial charge is 0.507 e. The molecule has 0 aliphatic heterocycles. The van der Waals surface area contributed by atoms with Crippen molar-refractivity contribution in [3.05, 3.63) is 34.3 Å². The van der Waals surface area contributed by atoms with Crippen LogP contribution in [0.2, 0.25) is 0 Å². The lowest BCUT2D eigenvalue weighted by Gasteiger charge is -2.00. The molecule has 4 heteroatoms. The number of halogens is 1. The smallest absolute Gasteiger partial charge is 0.194 e. The summed E-state index contributed by atoms with van der Waals surface area (Å²) in [5.41, 5.74) is 1.65. The first-order valence-electron chi connectivity index (χ1n) is 5.07. The molecule has 0 fully saturated rings. The molecule has 2 rings (SSSR count). The lowest BCUT2D eigenvalue weighted by Crippen LogP contribution is -1.82. The minimum absolute atomic E-state index is 0.206. The monoisotopic (exact) mass is 281 g/mol. The van der Waals surface area contributed by atoms with Gasteiger partial charge in [0.2, 0.25) is 0 Å². The molecule has 0 aliphatic carbocycles. The van der Waals surface area contributed by atoms with Gasteiger partial charge >= 0.3 is 0 Å². The third-order valence-electron chi connectivity index (χ3n) is 2.36. The van der Waals surface area contributed by atoms with Crippen LogP contribution in [0.1, 0.15) is 18.6 Å². The van der Waals surface area contributed by atoms with Crippen LogP contribution < -0.4 is 0 Å². The van der Waals surface area contributed by atoms with Crippen LogP contribution in [0.5, 0.6) is 5.75 Å². The Bertz CT molecular complexity index is 520. The van der Waals surface area contributed by atoms with Crippen LogP contribution in [-0.4, -0.2) is 10.1 Å². The van der Waals surface area contributed by atoms with Crippen LogP contribution in [0.3, 0.4) is 0 Å². The number of hydrogen-bond acceptors (Lipinski definition) is 3. The predicted octanol–water partition coefficient (Wildman–Crippen LogP) is 3.68. The minimum Gasteiger partial charge on any atom is -0.507 e. The van der Waals surface area contributed by atoms with E-state index in [2.05, 4.69) is 20.9 Å². The van der Waals surface area contributed by atoms with Gasteiger partial charge in [0.15, 0.2) is 5.89 Å². The van der Waals surface area contributed by atoms with Gasteiger partial charge in [0.25, 0.3) is 0 Å². The summed E-state index contributed by atoms with van der Waals surface area (Å²) in [6.07, 6.45) is 0.767. The average molecular weight is 282 g/mol.